The summed E-state index contributed by atoms with van der Waals surface area (Å²) in [5.74, 6) is 0. The summed E-state index contributed by atoms with van der Waals surface area (Å²) in [5.41, 5.74) is 1.88. The smallest absolute Gasteiger partial charge is 0.0708 e. The van der Waals surface area contributed by atoms with E-state index in [-0.39, 0.29) is 6.61 Å². The third-order valence-electron chi connectivity index (χ3n) is 1.30. The van der Waals surface area contributed by atoms with E-state index in [1.807, 2.05) is 6.92 Å². The third-order valence-corrected chi connectivity index (χ3v) is 2.43. The lowest BCUT2D eigenvalue weighted by Gasteiger charge is -2.00. The molecule has 1 heterocycles. The largest absolute Gasteiger partial charge is 0.392 e. The molecule has 0 saturated carbocycles. The Hall–Kier alpha value is -0.410. The molecule has 1 aromatic heterocycles. The van der Waals surface area contributed by atoms with Crippen LogP contribution in [0.1, 0.15) is 11.1 Å². The molecule has 0 radical (unpaired) electrons. The minimum atomic E-state index is 0.0370. The average Bonchev–Trinajstić information content (AvgIpc) is 1.95. The van der Waals surface area contributed by atoms with Crippen LogP contribution in [0.2, 0.25) is 0 Å². The van der Waals surface area contributed by atoms with Crippen molar-refractivity contribution >= 4 is 15.9 Å². The summed E-state index contributed by atoms with van der Waals surface area (Å²) in [6.45, 7) is 1.98. The van der Waals surface area contributed by atoms with Gasteiger partial charge in [0.15, 0.2) is 0 Å². The molecule has 1 N–H and O–H groups in total. The number of nitrogens with zero attached hydrogens (tertiary/aromatic N) is 1. The molecular weight excluding hydrogens is 194 g/mol. The average molecular weight is 202 g/mol. The molecule has 0 unspecified atom stereocenters. The van der Waals surface area contributed by atoms with E-state index in [2.05, 4.69) is 20.9 Å². The predicted octanol–water partition coefficient (Wildman–Crippen LogP) is 1.64. The van der Waals surface area contributed by atoms with Crippen molar-refractivity contribution in [2.75, 3.05) is 0 Å². The molecule has 0 bridgehead atoms. The Bertz CT molecular complexity index is 237. The number of aliphatic hydroxyl groups is 1. The lowest BCUT2D eigenvalue weighted by molar-refractivity contribution is 0.280. The fourth-order valence-electron chi connectivity index (χ4n) is 0.716. The summed E-state index contributed by atoms with van der Waals surface area (Å²) in [5, 5.41) is 8.77. The summed E-state index contributed by atoms with van der Waals surface area (Å²) in [4.78, 5) is 3.93. The van der Waals surface area contributed by atoms with E-state index in [0.29, 0.717) is 0 Å². The predicted molar refractivity (Wildman–Crippen MR) is 42.6 cm³/mol. The van der Waals surface area contributed by atoms with Gasteiger partial charge in [-0.15, -0.1) is 0 Å². The van der Waals surface area contributed by atoms with Gasteiger partial charge in [-0.1, -0.05) is 15.9 Å². The van der Waals surface area contributed by atoms with Crippen LogP contribution in [-0.4, -0.2) is 10.1 Å². The first-order valence-corrected chi connectivity index (χ1v) is 3.75. The van der Waals surface area contributed by atoms with Crippen LogP contribution >= 0.6 is 15.9 Å². The van der Waals surface area contributed by atoms with Gasteiger partial charge in [-0.2, -0.15) is 0 Å². The molecule has 10 heavy (non-hydrogen) atoms. The van der Waals surface area contributed by atoms with Crippen LogP contribution in [0, 0.1) is 6.92 Å². The Morgan fingerprint density at radius 2 is 2.30 bits per heavy atom. The number of pyridine rings is 1. The van der Waals surface area contributed by atoms with E-state index in [9.17, 15) is 0 Å². The first kappa shape index (κ1) is 7.69. The Balaban J connectivity index is 3.14. The number of halogens is 1. The summed E-state index contributed by atoms with van der Waals surface area (Å²) >= 11 is 3.34. The molecule has 2 nitrogen and oxygen atoms in total. The normalized spacial score (nSPS) is 9.90. The van der Waals surface area contributed by atoms with Gasteiger partial charge in [0.05, 0.1) is 6.61 Å². The molecule has 1 aromatic rings. The zero-order valence-corrected chi connectivity index (χ0v) is 7.22. The lowest BCUT2D eigenvalue weighted by atomic mass is 10.2. The molecule has 0 aliphatic rings. The van der Waals surface area contributed by atoms with Crippen molar-refractivity contribution in [2.45, 2.75) is 13.5 Å². The van der Waals surface area contributed by atoms with Crippen LogP contribution in [0.25, 0.3) is 0 Å². The Labute approximate surface area is 68.0 Å². The highest BCUT2D eigenvalue weighted by Crippen LogP contribution is 2.18. The standard InChI is InChI=1S/C7H8BrNO/c1-5-2-9-3-6(4-10)7(5)8/h2-3,10H,4H2,1H3. The fourth-order valence-corrected chi connectivity index (χ4v) is 1.05. The van der Waals surface area contributed by atoms with Gasteiger partial charge in [-0.05, 0) is 12.5 Å². The number of rotatable bonds is 1. The Morgan fingerprint density at radius 3 is 2.80 bits per heavy atom. The fraction of sp³-hybridized carbons (Fsp3) is 0.286. The van der Waals surface area contributed by atoms with Gasteiger partial charge in [0.2, 0.25) is 0 Å². The monoisotopic (exact) mass is 201 g/mol. The molecule has 0 aromatic carbocycles. The first-order valence-electron chi connectivity index (χ1n) is 2.95. The molecule has 0 amide bonds. The Morgan fingerprint density at radius 1 is 1.60 bits per heavy atom. The summed E-state index contributed by atoms with van der Waals surface area (Å²) in [6, 6.07) is 0. The van der Waals surface area contributed by atoms with Crippen molar-refractivity contribution in [3.63, 3.8) is 0 Å². The van der Waals surface area contributed by atoms with Crippen LogP contribution in [0.4, 0.5) is 0 Å². The van der Waals surface area contributed by atoms with Gasteiger partial charge in [0, 0.05) is 22.4 Å². The van der Waals surface area contributed by atoms with Gasteiger partial charge in [0.1, 0.15) is 0 Å². The minimum absolute atomic E-state index is 0.0370. The number of aromatic nitrogens is 1. The number of aryl methyl sites for hydroxylation is 1. The van der Waals surface area contributed by atoms with Crippen LogP contribution in [0.5, 0.6) is 0 Å². The van der Waals surface area contributed by atoms with Crippen LogP contribution in [-0.2, 0) is 6.61 Å². The molecule has 0 atom stereocenters. The highest BCUT2D eigenvalue weighted by Gasteiger charge is 1.99. The van der Waals surface area contributed by atoms with E-state index in [4.69, 9.17) is 5.11 Å². The maximum Gasteiger partial charge on any atom is 0.0708 e. The second-order valence-corrected chi connectivity index (χ2v) is 2.88. The second kappa shape index (κ2) is 3.12. The maximum absolute atomic E-state index is 8.77. The molecule has 0 fully saturated rings. The number of hydrogen-bond acceptors (Lipinski definition) is 2. The second-order valence-electron chi connectivity index (χ2n) is 2.09. The molecule has 54 valence electrons. The molecule has 3 heteroatoms. The van der Waals surface area contributed by atoms with E-state index in [1.165, 1.54) is 0 Å². The van der Waals surface area contributed by atoms with Gasteiger partial charge in [-0.3, -0.25) is 4.98 Å². The van der Waals surface area contributed by atoms with E-state index in [0.717, 1.165) is 15.6 Å². The molecule has 0 aliphatic carbocycles. The van der Waals surface area contributed by atoms with Crippen molar-refractivity contribution in [3.8, 4) is 0 Å². The van der Waals surface area contributed by atoms with Crippen LogP contribution < -0.4 is 0 Å². The lowest BCUT2D eigenvalue weighted by Crippen LogP contribution is -1.89. The minimum Gasteiger partial charge on any atom is -0.392 e. The molecule has 0 spiro atoms. The van der Waals surface area contributed by atoms with Crippen molar-refractivity contribution in [1.29, 1.82) is 0 Å². The summed E-state index contributed by atoms with van der Waals surface area (Å²) in [7, 11) is 0. The van der Waals surface area contributed by atoms with Crippen molar-refractivity contribution in [1.82, 2.24) is 4.98 Å². The zero-order valence-electron chi connectivity index (χ0n) is 5.63. The van der Waals surface area contributed by atoms with Crippen LogP contribution in [0.3, 0.4) is 0 Å². The summed E-state index contributed by atoms with van der Waals surface area (Å²) in [6.07, 6.45) is 3.40. The van der Waals surface area contributed by atoms with Gasteiger partial charge >= 0.3 is 0 Å². The van der Waals surface area contributed by atoms with Crippen LogP contribution in [0.15, 0.2) is 16.9 Å². The quantitative estimate of drug-likeness (QED) is 0.750. The molecular formula is C7H8BrNO. The molecule has 0 saturated heterocycles. The van der Waals surface area contributed by atoms with E-state index in [1.54, 1.807) is 12.4 Å². The highest BCUT2D eigenvalue weighted by atomic mass is 79.9. The van der Waals surface area contributed by atoms with Crippen molar-refractivity contribution in [2.24, 2.45) is 0 Å². The highest BCUT2D eigenvalue weighted by molar-refractivity contribution is 9.10. The topological polar surface area (TPSA) is 33.1 Å². The van der Waals surface area contributed by atoms with Crippen molar-refractivity contribution < 1.29 is 5.11 Å². The SMILES string of the molecule is Cc1cncc(CO)c1Br. The van der Waals surface area contributed by atoms with Crippen molar-refractivity contribution in [3.05, 3.63) is 28.0 Å². The maximum atomic E-state index is 8.77. The van der Waals surface area contributed by atoms with E-state index >= 15 is 0 Å². The number of aliphatic hydroxyl groups excluding tert-OH is 1. The van der Waals surface area contributed by atoms with Gasteiger partial charge in [0.25, 0.3) is 0 Å². The van der Waals surface area contributed by atoms with Gasteiger partial charge in [-0.25, -0.2) is 0 Å². The molecule has 0 aliphatic heterocycles. The zero-order chi connectivity index (χ0) is 7.56. The van der Waals surface area contributed by atoms with Gasteiger partial charge < -0.3 is 5.11 Å². The third kappa shape index (κ3) is 1.36. The molecule has 1 rings (SSSR count). The van der Waals surface area contributed by atoms with E-state index < -0.39 is 0 Å². The Kier molecular flexibility index (Phi) is 2.40. The first-order chi connectivity index (χ1) is 4.75. The number of hydrogen-bond donors (Lipinski definition) is 1. The summed E-state index contributed by atoms with van der Waals surface area (Å²) < 4.78 is 0.949.